The number of fused-ring (bicyclic) bond motifs is 6. The number of anilines is 1. The van der Waals surface area contributed by atoms with Crippen molar-refractivity contribution < 1.29 is 14.3 Å². The molecule has 0 radical (unpaired) electrons. The van der Waals surface area contributed by atoms with E-state index in [0.717, 1.165) is 24.2 Å². The van der Waals surface area contributed by atoms with E-state index in [4.69, 9.17) is 14.5 Å². The van der Waals surface area contributed by atoms with Crippen molar-refractivity contribution in [3.05, 3.63) is 29.6 Å². The number of carbonyl (C=O) groups excluding carboxylic acids is 1. The normalized spacial score (nSPS) is 25.6. The highest BCUT2D eigenvalue weighted by Gasteiger charge is 2.61. The molecule has 2 aliphatic carbocycles. The molecule has 5 rings (SSSR count). The minimum absolute atomic E-state index is 0.0334. The van der Waals surface area contributed by atoms with E-state index >= 15 is 0 Å². The summed E-state index contributed by atoms with van der Waals surface area (Å²) < 4.78 is 11.1. The summed E-state index contributed by atoms with van der Waals surface area (Å²) in [7, 11) is 0. The lowest BCUT2D eigenvalue weighted by Crippen LogP contribution is -2.32. The highest BCUT2D eigenvalue weighted by Crippen LogP contribution is 2.66. The third kappa shape index (κ3) is 2.87. The molecule has 29 heavy (non-hydrogen) atoms. The number of hydrogen-bond acceptors (Lipinski definition) is 7. The first-order chi connectivity index (χ1) is 13.9. The predicted octanol–water partition coefficient (Wildman–Crippen LogP) is 3.55. The predicted molar refractivity (Wildman–Crippen MR) is 110 cm³/mol. The number of aromatic nitrogens is 3. The standard InChI is InChI=1S/C21H24N4O3S/c1-20(2)13-6-7-21(20,3)18-17(13)24-25-19(23-18)29-11-16(26)22-12-4-5-14-15(10-12)28-9-8-27-14/h4-5,10,13H,6-9,11H2,1-3H3,(H,22,26)/t13-,21+/m0/s1. The number of nitrogens with zero attached hydrogens (tertiary/aromatic N) is 3. The third-order valence-electron chi connectivity index (χ3n) is 6.93. The molecule has 3 aliphatic rings. The second kappa shape index (κ2) is 6.58. The van der Waals surface area contributed by atoms with Crippen molar-refractivity contribution in [2.45, 2.75) is 50.1 Å². The van der Waals surface area contributed by atoms with Gasteiger partial charge < -0.3 is 14.8 Å². The molecule has 8 heteroatoms. The van der Waals surface area contributed by atoms with Gasteiger partial charge in [0.15, 0.2) is 11.5 Å². The Morgan fingerprint density at radius 2 is 2.00 bits per heavy atom. The van der Waals surface area contributed by atoms with Gasteiger partial charge >= 0.3 is 0 Å². The van der Waals surface area contributed by atoms with E-state index in [2.05, 4.69) is 36.3 Å². The molecule has 1 aromatic carbocycles. The number of nitrogens with one attached hydrogen (secondary N) is 1. The molecule has 1 N–H and O–H groups in total. The minimum atomic E-state index is -0.121. The molecule has 2 aromatic rings. The van der Waals surface area contributed by atoms with Gasteiger partial charge in [0.05, 0.1) is 17.1 Å². The van der Waals surface area contributed by atoms with Crippen LogP contribution < -0.4 is 14.8 Å². The Balaban J connectivity index is 1.25. The molecule has 1 fully saturated rings. The van der Waals surface area contributed by atoms with Crippen LogP contribution in [0.25, 0.3) is 0 Å². The molecule has 1 saturated carbocycles. The highest BCUT2D eigenvalue weighted by atomic mass is 32.2. The molecule has 7 nitrogen and oxygen atoms in total. The van der Waals surface area contributed by atoms with E-state index in [1.54, 1.807) is 6.07 Å². The van der Waals surface area contributed by atoms with E-state index < -0.39 is 0 Å². The lowest BCUT2D eigenvalue weighted by atomic mass is 9.70. The summed E-state index contributed by atoms with van der Waals surface area (Å²) in [6.45, 7) is 7.96. The monoisotopic (exact) mass is 412 g/mol. The number of carbonyl (C=O) groups is 1. The molecular weight excluding hydrogens is 388 g/mol. The first kappa shape index (κ1) is 18.7. The number of amides is 1. The summed E-state index contributed by atoms with van der Waals surface area (Å²) >= 11 is 1.32. The number of benzene rings is 1. The van der Waals surface area contributed by atoms with Crippen molar-refractivity contribution >= 4 is 23.4 Å². The number of ether oxygens (including phenoxy) is 2. The fourth-order valence-corrected chi connectivity index (χ4v) is 5.46. The van der Waals surface area contributed by atoms with Crippen molar-refractivity contribution in [3.8, 4) is 11.5 Å². The number of hydrogen-bond donors (Lipinski definition) is 1. The van der Waals surface area contributed by atoms with Crippen LogP contribution in [0.5, 0.6) is 11.5 Å². The number of rotatable bonds is 4. The zero-order valence-corrected chi connectivity index (χ0v) is 17.6. The Hall–Kier alpha value is -2.35. The molecule has 152 valence electrons. The van der Waals surface area contributed by atoms with Crippen LogP contribution in [0, 0.1) is 5.41 Å². The summed E-state index contributed by atoms with van der Waals surface area (Å²) in [5.41, 5.74) is 2.98. The fraction of sp³-hybridized carbons (Fsp3) is 0.524. The smallest absolute Gasteiger partial charge is 0.234 e. The van der Waals surface area contributed by atoms with Crippen molar-refractivity contribution in [2.24, 2.45) is 5.41 Å². The van der Waals surface area contributed by atoms with Crippen LogP contribution in [-0.4, -0.2) is 40.1 Å². The molecule has 2 bridgehead atoms. The van der Waals surface area contributed by atoms with Gasteiger partial charge in [-0.2, -0.15) is 5.10 Å². The van der Waals surface area contributed by atoms with Crippen molar-refractivity contribution in [2.75, 3.05) is 24.3 Å². The highest BCUT2D eigenvalue weighted by molar-refractivity contribution is 7.99. The molecule has 1 aliphatic heterocycles. The van der Waals surface area contributed by atoms with Crippen molar-refractivity contribution in [1.29, 1.82) is 0 Å². The average Bonchev–Trinajstić information content (AvgIpc) is 3.05. The van der Waals surface area contributed by atoms with Gasteiger partial charge in [-0.3, -0.25) is 4.79 Å². The van der Waals surface area contributed by atoms with Gasteiger partial charge in [-0.15, -0.1) is 5.10 Å². The molecule has 0 saturated heterocycles. The summed E-state index contributed by atoms with van der Waals surface area (Å²) in [6.07, 6.45) is 2.28. The van der Waals surface area contributed by atoms with Crippen LogP contribution in [-0.2, 0) is 10.2 Å². The zero-order chi connectivity index (χ0) is 20.2. The SMILES string of the molecule is CC1(C)[C@H]2CC[C@]1(C)c1nc(SCC(=O)Nc3ccc4c(c3)OCCO4)nnc12. The molecule has 2 heterocycles. The fourth-order valence-electron chi connectivity index (χ4n) is 4.87. The largest absolute Gasteiger partial charge is 0.486 e. The van der Waals surface area contributed by atoms with E-state index in [1.165, 1.54) is 11.8 Å². The van der Waals surface area contributed by atoms with E-state index in [0.29, 0.717) is 41.5 Å². The van der Waals surface area contributed by atoms with Gasteiger partial charge in [-0.25, -0.2) is 4.98 Å². The molecule has 1 amide bonds. The van der Waals surface area contributed by atoms with Crippen molar-refractivity contribution in [3.63, 3.8) is 0 Å². The van der Waals surface area contributed by atoms with E-state index in [-0.39, 0.29) is 22.5 Å². The second-order valence-corrected chi connectivity index (χ2v) is 9.61. The Bertz CT molecular complexity index is 996. The van der Waals surface area contributed by atoms with Crippen LogP contribution >= 0.6 is 11.8 Å². The minimum Gasteiger partial charge on any atom is -0.486 e. The summed E-state index contributed by atoms with van der Waals surface area (Å²) in [4.78, 5) is 17.2. The summed E-state index contributed by atoms with van der Waals surface area (Å²) in [6, 6.07) is 5.40. The topological polar surface area (TPSA) is 86.2 Å². The van der Waals surface area contributed by atoms with Gasteiger partial charge in [0.2, 0.25) is 11.1 Å². The molecule has 0 spiro atoms. The Labute approximate surface area is 174 Å². The van der Waals surface area contributed by atoms with Gasteiger partial charge in [0.25, 0.3) is 0 Å². The maximum Gasteiger partial charge on any atom is 0.234 e. The van der Waals surface area contributed by atoms with Gasteiger partial charge in [0.1, 0.15) is 13.2 Å². The molecule has 1 aromatic heterocycles. The second-order valence-electron chi connectivity index (χ2n) is 8.67. The van der Waals surface area contributed by atoms with Crippen LogP contribution in [0.4, 0.5) is 5.69 Å². The molecule has 0 unspecified atom stereocenters. The number of thioether (sulfide) groups is 1. The molecular formula is C21H24N4O3S. The Kier molecular flexibility index (Phi) is 4.24. The Morgan fingerprint density at radius 3 is 2.83 bits per heavy atom. The average molecular weight is 413 g/mol. The summed E-state index contributed by atoms with van der Waals surface area (Å²) in [5.74, 6) is 1.88. The lowest BCUT2D eigenvalue weighted by Gasteiger charge is -2.33. The zero-order valence-electron chi connectivity index (χ0n) is 16.8. The van der Waals surface area contributed by atoms with Crippen LogP contribution in [0.3, 0.4) is 0 Å². The quantitative estimate of drug-likeness (QED) is 0.769. The van der Waals surface area contributed by atoms with Crippen molar-refractivity contribution in [1.82, 2.24) is 15.2 Å². The van der Waals surface area contributed by atoms with Gasteiger partial charge in [0, 0.05) is 23.1 Å². The molecule has 2 atom stereocenters. The van der Waals surface area contributed by atoms with Gasteiger partial charge in [-0.05, 0) is 30.4 Å². The van der Waals surface area contributed by atoms with E-state index in [9.17, 15) is 4.79 Å². The van der Waals surface area contributed by atoms with Gasteiger partial charge in [-0.1, -0.05) is 32.5 Å². The van der Waals surface area contributed by atoms with Crippen LogP contribution in [0.2, 0.25) is 0 Å². The summed E-state index contributed by atoms with van der Waals surface area (Å²) in [5, 5.41) is 12.2. The van der Waals surface area contributed by atoms with E-state index in [1.807, 2.05) is 12.1 Å². The maximum atomic E-state index is 12.4. The maximum absolute atomic E-state index is 12.4. The van der Waals surface area contributed by atoms with Crippen LogP contribution in [0.15, 0.2) is 23.4 Å². The van der Waals surface area contributed by atoms with Crippen LogP contribution in [0.1, 0.15) is 50.9 Å². The first-order valence-electron chi connectivity index (χ1n) is 9.96. The third-order valence-corrected chi connectivity index (χ3v) is 7.77. The first-order valence-corrected chi connectivity index (χ1v) is 10.9. The Morgan fingerprint density at radius 1 is 1.21 bits per heavy atom. The lowest BCUT2D eigenvalue weighted by molar-refractivity contribution is -0.113.